The van der Waals surface area contributed by atoms with Gasteiger partial charge in [-0.05, 0) is 230 Å². The van der Waals surface area contributed by atoms with Crippen LogP contribution in [0, 0.1) is 20.8 Å². The number of ether oxygens (including phenoxy) is 3. The Labute approximate surface area is 598 Å². The summed E-state index contributed by atoms with van der Waals surface area (Å²) in [7, 11) is 0. The Hall–Kier alpha value is -11.4. The number of anilines is 9. The molecule has 0 fully saturated rings. The van der Waals surface area contributed by atoms with Gasteiger partial charge in [-0.1, -0.05) is 188 Å². The Morgan fingerprint density at radius 3 is 0.804 bits per heavy atom. The molecule has 0 amide bonds. The van der Waals surface area contributed by atoms with Crippen LogP contribution in [0.2, 0.25) is 0 Å². The van der Waals surface area contributed by atoms with Crippen molar-refractivity contribution in [2.45, 2.75) is 99.3 Å². The first-order valence-corrected chi connectivity index (χ1v) is 35.8. The summed E-state index contributed by atoms with van der Waals surface area (Å²) in [5.41, 5.74) is 29.5. The van der Waals surface area contributed by atoms with Crippen LogP contribution in [-0.4, -0.2) is 35.1 Å². The molecule has 0 saturated heterocycles. The molecule has 12 heteroatoms. The maximum Gasteiger partial charge on any atom is 0.256 e. The van der Waals surface area contributed by atoms with Gasteiger partial charge in [0.2, 0.25) is 0 Å². The minimum Gasteiger partial charge on any atom is -0.458 e. The molecule has 0 spiro atoms. The number of nitrogens with zero attached hydrogens (tertiary/aromatic N) is 6. The number of rotatable bonds is 6. The molecule has 6 aliphatic heterocycles. The van der Waals surface area contributed by atoms with Crippen LogP contribution in [0.1, 0.15) is 95.7 Å². The van der Waals surface area contributed by atoms with Crippen molar-refractivity contribution in [2.24, 2.45) is 0 Å². The predicted octanol–water partition coefficient (Wildman–Crippen LogP) is 16.9. The number of benzene rings is 12. The van der Waals surface area contributed by atoms with Crippen LogP contribution >= 0.6 is 0 Å². The highest BCUT2D eigenvalue weighted by Crippen LogP contribution is 2.47. The van der Waals surface area contributed by atoms with Gasteiger partial charge in [-0.25, -0.2) is 15.0 Å². The molecule has 0 N–H and O–H groups in total. The molecule has 9 nitrogen and oxygen atoms in total. The fourth-order valence-electron chi connectivity index (χ4n) is 16.6. The van der Waals surface area contributed by atoms with Crippen LogP contribution in [0.3, 0.4) is 0 Å². The summed E-state index contributed by atoms with van der Waals surface area (Å²) in [6.07, 6.45) is 0. The lowest BCUT2D eigenvalue weighted by atomic mass is 9.34. The number of hydrogen-bond donors (Lipinski definition) is 0. The lowest BCUT2D eigenvalue weighted by molar-refractivity contribution is 0.486. The summed E-state index contributed by atoms with van der Waals surface area (Å²) in [5, 5.41) is 0. The van der Waals surface area contributed by atoms with Gasteiger partial charge in [0, 0.05) is 67.9 Å². The standard InChI is InChI=1S/C90H75B3N6O3/c1-52-22-34-61(35-23-52)97-70-40-28-55(46-64(70)91-67-49-58(88(4,5)6)31-43-76(67)100-79-19-13-16-73(97)82(79)91)85-94-86(56-29-41-71-65(47-56)92-68-50-59(89(7,8)9)32-44-77(68)101-80-20-14-17-74(83(80)92)98(71)62-36-24-53(2)25-37-62)96-87(95-85)57-30-42-72-66(48-57)93-69-51-60(90(10,11)12)33-45-78(69)102-81-21-15-18-75(84(81)93)99(72)63-38-26-54(3)27-39-63/h13-51H,1-12H3. The van der Waals surface area contributed by atoms with E-state index in [0.717, 1.165) is 152 Å². The molecule has 6 aliphatic rings. The van der Waals surface area contributed by atoms with E-state index in [-0.39, 0.29) is 36.4 Å². The molecular weight excluding hydrogens is 1250 g/mol. The molecule has 7 heterocycles. The van der Waals surface area contributed by atoms with Crippen molar-refractivity contribution >= 4 is 120 Å². The number of fused-ring (bicyclic) bond motifs is 12. The van der Waals surface area contributed by atoms with E-state index in [1.165, 1.54) is 33.4 Å². The van der Waals surface area contributed by atoms with Crippen molar-refractivity contribution in [2.75, 3.05) is 14.7 Å². The quantitative estimate of drug-likeness (QED) is 0.151. The van der Waals surface area contributed by atoms with Gasteiger partial charge in [0.25, 0.3) is 20.1 Å². The molecule has 0 unspecified atom stereocenters. The van der Waals surface area contributed by atoms with Crippen molar-refractivity contribution in [3.8, 4) is 68.7 Å². The van der Waals surface area contributed by atoms with E-state index in [0.29, 0.717) is 17.5 Å². The lowest BCUT2D eigenvalue weighted by Crippen LogP contribution is -2.59. The highest BCUT2D eigenvalue weighted by Gasteiger charge is 2.47. The molecule has 0 atom stereocenters. The Morgan fingerprint density at radius 2 is 0.539 bits per heavy atom. The summed E-state index contributed by atoms with van der Waals surface area (Å²) in [6.45, 7) is 26.5. The molecule has 0 aliphatic carbocycles. The van der Waals surface area contributed by atoms with E-state index in [4.69, 9.17) is 29.2 Å². The van der Waals surface area contributed by atoms with Gasteiger partial charge in [0.15, 0.2) is 17.5 Å². The van der Waals surface area contributed by atoms with Gasteiger partial charge >= 0.3 is 0 Å². The maximum atomic E-state index is 7.00. The molecule has 102 heavy (non-hydrogen) atoms. The van der Waals surface area contributed by atoms with E-state index in [1.807, 2.05) is 0 Å². The third kappa shape index (κ3) is 9.72. The summed E-state index contributed by atoms with van der Waals surface area (Å²) in [4.78, 5) is 24.5. The highest BCUT2D eigenvalue weighted by molar-refractivity contribution is 7.01. The van der Waals surface area contributed by atoms with Crippen LogP contribution in [0.5, 0.6) is 34.5 Å². The van der Waals surface area contributed by atoms with Crippen LogP contribution < -0.4 is 78.1 Å². The number of hydrogen-bond acceptors (Lipinski definition) is 9. The molecule has 0 bridgehead atoms. The molecule has 492 valence electrons. The second-order valence-electron chi connectivity index (χ2n) is 31.8. The summed E-state index contributed by atoms with van der Waals surface area (Å²) >= 11 is 0. The second kappa shape index (κ2) is 22.3. The van der Waals surface area contributed by atoms with Crippen LogP contribution in [0.4, 0.5) is 51.2 Å². The van der Waals surface area contributed by atoms with E-state index < -0.39 is 0 Å². The number of aromatic nitrogens is 3. The van der Waals surface area contributed by atoms with Crippen molar-refractivity contribution in [3.63, 3.8) is 0 Å². The van der Waals surface area contributed by atoms with E-state index in [1.54, 1.807) is 0 Å². The first-order valence-electron chi connectivity index (χ1n) is 35.8. The summed E-state index contributed by atoms with van der Waals surface area (Å²) < 4.78 is 21.0. The van der Waals surface area contributed by atoms with E-state index in [9.17, 15) is 0 Å². The minimum atomic E-state index is -0.184. The Kier molecular flexibility index (Phi) is 13.5. The smallest absolute Gasteiger partial charge is 0.256 e. The SMILES string of the molecule is Cc1ccc(N2c3ccc(-c4nc(-c5ccc6c(c5)B5c7cc(C(C)(C)C)ccc7Oc7cccc(c75)N6c5ccc(C)cc5)nc(-c5ccc6c(c5)B5c7cc(C(C)(C)C)ccc7Oc7cccc(c75)N6c5ccc(C)cc5)n4)cc3B3c4cc(C(C)(C)C)ccc4Oc4cccc2c43)cc1. The monoisotopic (exact) mass is 1320 g/mol. The highest BCUT2D eigenvalue weighted by atomic mass is 16.5. The number of aryl methyl sites for hydroxylation is 3. The molecular formula is C90H75B3N6O3. The first-order chi connectivity index (χ1) is 49.1. The van der Waals surface area contributed by atoms with Gasteiger partial charge in [0.1, 0.15) is 34.5 Å². The second-order valence-corrected chi connectivity index (χ2v) is 31.8. The van der Waals surface area contributed by atoms with Crippen LogP contribution in [0.15, 0.2) is 237 Å². The largest absolute Gasteiger partial charge is 0.458 e. The van der Waals surface area contributed by atoms with Crippen molar-refractivity contribution in [1.82, 2.24) is 15.0 Å². The Bertz CT molecular complexity index is 5150. The van der Waals surface area contributed by atoms with Gasteiger partial charge in [-0.2, -0.15) is 0 Å². The third-order valence-electron chi connectivity index (χ3n) is 22.0. The zero-order valence-corrected chi connectivity index (χ0v) is 59.7. The lowest BCUT2D eigenvalue weighted by Gasteiger charge is -2.40. The van der Waals surface area contributed by atoms with Crippen molar-refractivity contribution in [3.05, 3.63) is 270 Å². The van der Waals surface area contributed by atoms with Crippen molar-refractivity contribution < 1.29 is 14.2 Å². The molecule has 19 rings (SSSR count). The molecule has 13 aromatic rings. The van der Waals surface area contributed by atoms with Gasteiger partial charge in [-0.15, -0.1) is 0 Å². The molecule has 0 radical (unpaired) electrons. The molecule has 1 aromatic heterocycles. The summed E-state index contributed by atoms with van der Waals surface area (Å²) in [5.74, 6) is 6.80. The molecule has 12 aromatic carbocycles. The fraction of sp³-hybridized carbons (Fsp3) is 0.167. The van der Waals surface area contributed by atoms with Gasteiger partial charge in [-0.3, -0.25) is 0 Å². The fourth-order valence-corrected chi connectivity index (χ4v) is 16.6. The Balaban J connectivity index is 0.863. The summed E-state index contributed by atoms with van der Waals surface area (Å²) in [6, 6.07) is 87.0. The Morgan fingerprint density at radius 1 is 0.265 bits per heavy atom. The predicted molar refractivity (Wildman–Crippen MR) is 424 cm³/mol. The first kappa shape index (κ1) is 61.7. The topological polar surface area (TPSA) is 76.1 Å². The van der Waals surface area contributed by atoms with Crippen LogP contribution in [-0.2, 0) is 16.2 Å². The van der Waals surface area contributed by atoms with Gasteiger partial charge in [0.05, 0.1) is 0 Å². The molecule has 0 saturated carbocycles. The zero-order valence-electron chi connectivity index (χ0n) is 59.7. The van der Waals surface area contributed by atoms with E-state index in [2.05, 4.69) is 334 Å². The van der Waals surface area contributed by atoms with E-state index >= 15 is 0 Å². The van der Waals surface area contributed by atoms with Crippen molar-refractivity contribution in [1.29, 1.82) is 0 Å². The average molecular weight is 1320 g/mol. The van der Waals surface area contributed by atoms with Crippen LogP contribution in [0.25, 0.3) is 34.2 Å². The normalized spacial score (nSPS) is 14.0. The minimum absolute atomic E-state index is 0.116. The average Bonchev–Trinajstić information content (AvgIpc) is 0.720. The maximum absolute atomic E-state index is 7.00. The third-order valence-corrected chi connectivity index (χ3v) is 22.0. The van der Waals surface area contributed by atoms with Gasteiger partial charge < -0.3 is 28.9 Å². The zero-order chi connectivity index (χ0) is 69.6.